The molecule has 6 nitrogen and oxygen atoms in total. The number of benzene rings is 1. The summed E-state index contributed by atoms with van der Waals surface area (Å²) in [4.78, 5) is 24.7. The van der Waals surface area contributed by atoms with Gasteiger partial charge in [0.2, 0.25) is 0 Å². The minimum Gasteiger partial charge on any atom is -0.497 e. The number of hydrogen-bond donors (Lipinski definition) is 1. The second-order valence-corrected chi connectivity index (χ2v) is 6.45. The average molecular weight is 323 g/mol. The van der Waals surface area contributed by atoms with E-state index < -0.39 is 23.6 Å². The first-order valence-corrected chi connectivity index (χ1v) is 7.42. The van der Waals surface area contributed by atoms with Crippen LogP contribution in [0.1, 0.15) is 26.3 Å². The number of carbonyl (C=O) groups excluding carboxylic acids is 1. The smallest absolute Gasteiger partial charge is 0.410 e. The van der Waals surface area contributed by atoms with Crippen molar-refractivity contribution in [3.8, 4) is 5.75 Å². The molecule has 1 aromatic carbocycles. The molecule has 0 radical (unpaired) electrons. The Balaban J connectivity index is 2.71. The van der Waals surface area contributed by atoms with Gasteiger partial charge in [-0.3, -0.25) is 4.79 Å². The number of nitrogens with zero attached hydrogens (tertiary/aromatic N) is 1. The summed E-state index contributed by atoms with van der Waals surface area (Å²) in [5.74, 6) is -0.941. The van der Waals surface area contributed by atoms with E-state index in [1.54, 1.807) is 40.0 Å². The molecule has 1 rings (SSSR count). The first-order chi connectivity index (χ1) is 10.6. The molecule has 0 saturated carbocycles. The summed E-state index contributed by atoms with van der Waals surface area (Å²) in [6.07, 6.45) is -0.203. The van der Waals surface area contributed by atoms with Crippen molar-refractivity contribution in [2.75, 3.05) is 20.7 Å². The van der Waals surface area contributed by atoms with E-state index in [4.69, 9.17) is 9.47 Å². The van der Waals surface area contributed by atoms with Crippen molar-refractivity contribution < 1.29 is 24.2 Å². The Labute approximate surface area is 137 Å². The van der Waals surface area contributed by atoms with Crippen molar-refractivity contribution in [3.63, 3.8) is 0 Å². The maximum Gasteiger partial charge on any atom is 0.410 e. The van der Waals surface area contributed by atoms with Crippen LogP contribution in [-0.4, -0.2) is 48.4 Å². The van der Waals surface area contributed by atoms with E-state index in [0.717, 1.165) is 5.56 Å². The van der Waals surface area contributed by atoms with Crippen LogP contribution in [0.2, 0.25) is 0 Å². The zero-order chi connectivity index (χ0) is 17.6. The van der Waals surface area contributed by atoms with E-state index in [1.165, 1.54) is 11.9 Å². The number of carbonyl (C=O) groups is 2. The molecule has 0 aliphatic carbocycles. The Hall–Kier alpha value is -2.24. The van der Waals surface area contributed by atoms with Crippen molar-refractivity contribution in [2.45, 2.75) is 32.8 Å². The summed E-state index contributed by atoms with van der Waals surface area (Å²) in [7, 11) is 3.11. The van der Waals surface area contributed by atoms with Gasteiger partial charge in [0.1, 0.15) is 11.4 Å². The van der Waals surface area contributed by atoms with E-state index >= 15 is 0 Å². The highest BCUT2D eigenvalue weighted by molar-refractivity contribution is 5.73. The molecule has 128 valence electrons. The number of hydrogen-bond acceptors (Lipinski definition) is 4. The largest absolute Gasteiger partial charge is 0.497 e. The molecule has 0 aliphatic rings. The monoisotopic (exact) mass is 323 g/mol. The van der Waals surface area contributed by atoms with Gasteiger partial charge in [-0.15, -0.1) is 0 Å². The Morgan fingerprint density at radius 1 is 1.22 bits per heavy atom. The summed E-state index contributed by atoms with van der Waals surface area (Å²) < 4.78 is 10.3. The Bertz CT molecular complexity index is 533. The fourth-order valence-corrected chi connectivity index (χ4v) is 2.02. The van der Waals surface area contributed by atoms with E-state index in [1.807, 2.05) is 12.1 Å². The molecule has 1 unspecified atom stereocenters. The summed E-state index contributed by atoms with van der Waals surface area (Å²) >= 11 is 0. The zero-order valence-electron chi connectivity index (χ0n) is 14.3. The Morgan fingerprint density at radius 2 is 1.78 bits per heavy atom. The first-order valence-electron chi connectivity index (χ1n) is 7.42. The van der Waals surface area contributed by atoms with Gasteiger partial charge in [-0.1, -0.05) is 12.1 Å². The predicted molar refractivity (Wildman–Crippen MR) is 86.7 cm³/mol. The molecule has 1 atom stereocenters. The fourth-order valence-electron chi connectivity index (χ4n) is 2.02. The number of methoxy groups -OCH3 is 1. The summed E-state index contributed by atoms with van der Waals surface area (Å²) in [5.41, 5.74) is 0.260. The molecule has 1 N–H and O–H groups in total. The first kappa shape index (κ1) is 18.8. The molecule has 0 spiro atoms. The number of rotatable bonds is 6. The molecule has 6 heteroatoms. The van der Waals surface area contributed by atoms with E-state index in [0.29, 0.717) is 12.2 Å². The Kier molecular flexibility index (Phi) is 6.42. The highest BCUT2D eigenvalue weighted by Crippen LogP contribution is 2.16. The topological polar surface area (TPSA) is 76.1 Å². The van der Waals surface area contributed by atoms with Gasteiger partial charge < -0.3 is 19.5 Å². The molecule has 1 aromatic rings. The number of amides is 1. The van der Waals surface area contributed by atoms with Crippen LogP contribution in [0, 0.1) is 5.92 Å². The highest BCUT2D eigenvalue weighted by Gasteiger charge is 2.25. The minimum atomic E-state index is -0.948. The van der Waals surface area contributed by atoms with Crippen LogP contribution in [0.4, 0.5) is 4.79 Å². The molecule has 0 aliphatic heterocycles. The third-order valence-corrected chi connectivity index (χ3v) is 3.19. The minimum absolute atomic E-state index is 0.0796. The van der Waals surface area contributed by atoms with Crippen molar-refractivity contribution in [3.05, 3.63) is 29.8 Å². The fraction of sp³-hybridized carbons (Fsp3) is 0.529. The quantitative estimate of drug-likeness (QED) is 0.871. The predicted octanol–water partition coefficient (Wildman–Crippen LogP) is 2.81. The van der Waals surface area contributed by atoms with Crippen molar-refractivity contribution in [1.29, 1.82) is 0 Å². The lowest BCUT2D eigenvalue weighted by atomic mass is 9.99. The van der Waals surface area contributed by atoms with Crippen LogP contribution in [0.5, 0.6) is 5.75 Å². The van der Waals surface area contributed by atoms with Gasteiger partial charge in [-0.05, 0) is 44.9 Å². The lowest BCUT2D eigenvalue weighted by molar-refractivity contribution is -0.142. The molecule has 0 saturated heterocycles. The number of carboxylic acids is 1. The summed E-state index contributed by atoms with van der Waals surface area (Å²) in [6.45, 7) is 5.39. The molecule has 0 aromatic heterocycles. The SMILES string of the molecule is COc1ccc(CC(CN(C)C(=O)OC(C)(C)C)C(=O)O)cc1. The van der Waals surface area contributed by atoms with Crippen LogP contribution >= 0.6 is 0 Å². The molecule has 0 bridgehead atoms. The summed E-state index contributed by atoms with van der Waals surface area (Å²) in [6, 6.07) is 7.21. The second-order valence-electron chi connectivity index (χ2n) is 6.45. The van der Waals surface area contributed by atoms with Gasteiger partial charge in [0, 0.05) is 13.6 Å². The average Bonchev–Trinajstić information content (AvgIpc) is 2.45. The van der Waals surface area contributed by atoms with Crippen LogP contribution < -0.4 is 4.74 Å². The van der Waals surface area contributed by atoms with Gasteiger partial charge in [-0.2, -0.15) is 0 Å². The molecular formula is C17H25NO5. The van der Waals surface area contributed by atoms with Gasteiger partial charge >= 0.3 is 12.1 Å². The van der Waals surface area contributed by atoms with Crippen LogP contribution in [0.15, 0.2) is 24.3 Å². The molecule has 0 heterocycles. The van der Waals surface area contributed by atoms with Gasteiger partial charge in [0.25, 0.3) is 0 Å². The number of carboxylic acid groups (broad SMARTS) is 1. The number of aliphatic carboxylic acids is 1. The van der Waals surface area contributed by atoms with E-state index in [-0.39, 0.29) is 6.54 Å². The highest BCUT2D eigenvalue weighted by atomic mass is 16.6. The lowest BCUT2D eigenvalue weighted by Gasteiger charge is -2.26. The van der Waals surface area contributed by atoms with Gasteiger partial charge in [0.15, 0.2) is 0 Å². The third kappa shape index (κ3) is 6.59. The van der Waals surface area contributed by atoms with Gasteiger partial charge in [-0.25, -0.2) is 4.79 Å². The Morgan fingerprint density at radius 3 is 2.22 bits per heavy atom. The van der Waals surface area contributed by atoms with Crippen molar-refractivity contribution >= 4 is 12.1 Å². The zero-order valence-corrected chi connectivity index (χ0v) is 14.3. The second kappa shape index (κ2) is 7.85. The molecular weight excluding hydrogens is 298 g/mol. The van der Waals surface area contributed by atoms with E-state index in [9.17, 15) is 14.7 Å². The van der Waals surface area contributed by atoms with Crippen LogP contribution in [0.3, 0.4) is 0 Å². The van der Waals surface area contributed by atoms with E-state index in [2.05, 4.69) is 0 Å². The molecule has 23 heavy (non-hydrogen) atoms. The number of ether oxygens (including phenoxy) is 2. The van der Waals surface area contributed by atoms with Crippen LogP contribution in [-0.2, 0) is 16.0 Å². The van der Waals surface area contributed by atoms with Crippen molar-refractivity contribution in [2.24, 2.45) is 5.92 Å². The van der Waals surface area contributed by atoms with Crippen molar-refractivity contribution in [1.82, 2.24) is 4.90 Å². The maximum absolute atomic E-state index is 11.9. The maximum atomic E-state index is 11.9. The molecule has 0 fully saturated rings. The standard InChI is InChI=1S/C17H25NO5/c1-17(2,3)23-16(21)18(4)11-13(15(19)20)10-12-6-8-14(22-5)9-7-12/h6-9,13H,10-11H2,1-5H3,(H,19,20). The summed E-state index contributed by atoms with van der Waals surface area (Å²) in [5, 5.41) is 9.40. The van der Waals surface area contributed by atoms with Gasteiger partial charge in [0.05, 0.1) is 13.0 Å². The van der Waals surface area contributed by atoms with Crippen LogP contribution in [0.25, 0.3) is 0 Å². The normalized spacial score (nSPS) is 12.4. The third-order valence-electron chi connectivity index (χ3n) is 3.19. The lowest BCUT2D eigenvalue weighted by Crippen LogP contribution is -2.39. The molecule has 1 amide bonds.